The van der Waals surface area contributed by atoms with E-state index in [-0.39, 0.29) is 35.3 Å². The number of ether oxygens (including phenoxy) is 2. The van der Waals surface area contributed by atoms with Crippen LogP contribution in [0.3, 0.4) is 0 Å². The first kappa shape index (κ1) is 26.5. The molecule has 0 unspecified atom stereocenters. The molecule has 0 radical (unpaired) electrons. The number of nitrogens with zero attached hydrogens (tertiary/aromatic N) is 1. The first-order valence-corrected chi connectivity index (χ1v) is 11.4. The molecule has 1 amide bonds. The van der Waals surface area contributed by atoms with E-state index in [9.17, 15) is 13.6 Å². The van der Waals surface area contributed by atoms with Crippen molar-refractivity contribution in [1.29, 1.82) is 0 Å². The number of benzene rings is 1. The fourth-order valence-corrected chi connectivity index (χ4v) is 4.24. The van der Waals surface area contributed by atoms with Crippen LogP contribution in [0.15, 0.2) is 36.4 Å². The lowest BCUT2D eigenvalue weighted by atomic mass is 9.65. The van der Waals surface area contributed by atoms with Gasteiger partial charge in [0.25, 0.3) is 0 Å². The summed E-state index contributed by atoms with van der Waals surface area (Å²) in [5.74, 6) is -0.338. The predicted molar refractivity (Wildman–Crippen MR) is 126 cm³/mol. The van der Waals surface area contributed by atoms with E-state index in [1.165, 1.54) is 19.2 Å². The molecule has 1 heterocycles. The first-order valence-electron chi connectivity index (χ1n) is 11.4. The maximum atomic E-state index is 13.7. The number of hydrogen-bond donors (Lipinski definition) is 2. The summed E-state index contributed by atoms with van der Waals surface area (Å²) in [5.41, 5.74) is 7.43. The van der Waals surface area contributed by atoms with Gasteiger partial charge in [-0.2, -0.15) is 13.8 Å². The summed E-state index contributed by atoms with van der Waals surface area (Å²) in [6.07, 6.45) is 2.53. The van der Waals surface area contributed by atoms with Crippen molar-refractivity contribution in [2.24, 2.45) is 5.73 Å². The van der Waals surface area contributed by atoms with Crippen LogP contribution < -0.4 is 20.5 Å². The number of anilines is 1. The van der Waals surface area contributed by atoms with Crippen molar-refractivity contribution in [3.05, 3.63) is 47.5 Å². The van der Waals surface area contributed by atoms with E-state index in [0.717, 1.165) is 11.1 Å². The first-order chi connectivity index (χ1) is 15.8. The van der Waals surface area contributed by atoms with Gasteiger partial charge in [-0.3, -0.25) is 4.79 Å². The van der Waals surface area contributed by atoms with Crippen LogP contribution >= 0.6 is 0 Å². The minimum Gasteiger partial charge on any atom is -0.481 e. The molecule has 33 heavy (non-hydrogen) atoms. The Morgan fingerprint density at radius 3 is 2.36 bits per heavy atom. The van der Waals surface area contributed by atoms with Gasteiger partial charge in [-0.15, -0.1) is 0 Å². The minimum atomic E-state index is -3.08. The zero-order valence-electron chi connectivity index (χ0n) is 20.0. The Balaban J connectivity index is 0.00000187. The highest BCUT2D eigenvalue weighted by Crippen LogP contribution is 2.43. The number of pyridine rings is 1. The summed E-state index contributed by atoms with van der Waals surface area (Å²) in [4.78, 5) is 17.6. The van der Waals surface area contributed by atoms with Crippen molar-refractivity contribution in [3.8, 4) is 11.8 Å². The third kappa shape index (κ3) is 6.19. The highest BCUT2D eigenvalue weighted by Gasteiger charge is 2.44. The van der Waals surface area contributed by atoms with Crippen LogP contribution in [0.1, 0.15) is 70.4 Å². The summed E-state index contributed by atoms with van der Waals surface area (Å²) in [6.45, 7) is 5.08. The van der Waals surface area contributed by atoms with Crippen LogP contribution in [0.4, 0.5) is 14.5 Å². The number of nitrogens with two attached hydrogens (primary N) is 1. The van der Waals surface area contributed by atoms with E-state index in [1.54, 1.807) is 0 Å². The van der Waals surface area contributed by atoms with Crippen LogP contribution in [0.25, 0.3) is 0 Å². The summed E-state index contributed by atoms with van der Waals surface area (Å²) < 4.78 is 35.4. The second-order valence-electron chi connectivity index (χ2n) is 8.20. The van der Waals surface area contributed by atoms with Crippen molar-refractivity contribution in [3.63, 3.8) is 0 Å². The quantitative estimate of drug-likeness (QED) is 0.557. The maximum Gasteiger partial charge on any atom is 0.388 e. The van der Waals surface area contributed by atoms with Gasteiger partial charge in [0.05, 0.1) is 12.5 Å². The molecule has 0 aliphatic heterocycles. The number of carbonyl (C=O) groups is 1. The zero-order valence-corrected chi connectivity index (χ0v) is 20.0. The maximum absolute atomic E-state index is 13.7. The molecule has 1 aromatic heterocycles. The van der Waals surface area contributed by atoms with Gasteiger partial charge in [-0.1, -0.05) is 52.0 Å². The average Bonchev–Trinajstić information content (AvgIpc) is 2.81. The van der Waals surface area contributed by atoms with Crippen molar-refractivity contribution in [2.45, 2.75) is 77.4 Å². The number of halogens is 2. The number of alkyl halides is 2. The van der Waals surface area contributed by atoms with Gasteiger partial charge in [-0.05, 0) is 48.8 Å². The Labute approximate surface area is 194 Å². The van der Waals surface area contributed by atoms with E-state index in [2.05, 4.69) is 28.9 Å². The number of rotatable bonds is 7. The summed E-state index contributed by atoms with van der Waals surface area (Å²) in [7, 11) is 1.37. The second kappa shape index (κ2) is 11.9. The van der Waals surface area contributed by atoms with Crippen LogP contribution in [0, 0.1) is 0 Å². The fourth-order valence-electron chi connectivity index (χ4n) is 4.24. The molecule has 0 saturated heterocycles. The van der Waals surface area contributed by atoms with Gasteiger partial charge in [0.15, 0.2) is 0 Å². The Morgan fingerprint density at radius 2 is 1.79 bits per heavy atom. The van der Waals surface area contributed by atoms with Gasteiger partial charge in [0.2, 0.25) is 17.7 Å². The van der Waals surface area contributed by atoms with Crippen molar-refractivity contribution < 1.29 is 23.0 Å². The summed E-state index contributed by atoms with van der Waals surface area (Å²) in [5, 5.41) is 2.80. The van der Waals surface area contributed by atoms with E-state index < -0.39 is 12.0 Å². The molecule has 1 aromatic carbocycles. The van der Waals surface area contributed by atoms with E-state index >= 15 is 0 Å². The normalized spacial score (nSPS) is 20.1. The van der Waals surface area contributed by atoms with Gasteiger partial charge in [0, 0.05) is 12.1 Å². The smallest absolute Gasteiger partial charge is 0.388 e. The monoisotopic (exact) mass is 463 g/mol. The number of nitrogens with one attached hydrogen (secondary N) is 1. The van der Waals surface area contributed by atoms with Crippen molar-refractivity contribution in [2.75, 3.05) is 12.4 Å². The molecule has 1 aliphatic carbocycles. The molecule has 3 rings (SSSR count). The number of carbonyl (C=O) groups excluding carboxylic acids is 1. The molecule has 0 bridgehead atoms. The second-order valence-corrected chi connectivity index (χ2v) is 8.20. The highest BCUT2D eigenvalue weighted by atomic mass is 19.3. The molecule has 0 spiro atoms. The number of aromatic nitrogens is 1. The third-order valence-electron chi connectivity index (χ3n) is 5.91. The van der Waals surface area contributed by atoms with Crippen LogP contribution in [-0.2, 0) is 10.2 Å². The lowest BCUT2D eigenvalue weighted by Gasteiger charge is -2.40. The molecule has 1 aliphatic rings. The molecular formula is C25H35F2N3O3. The Bertz CT molecular complexity index is 914. The van der Waals surface area contributed by atoms with Gasteiger partial charge in [0.1, 0.15) is 5.69 Å². The van der Waals surface area contributed by atoms with E-state index in [4.69, 9.17) is 10.5 Å². The molecule has 182 valence electrons. The third-order valence-corrected chi connectivity index (χ3v) is 5.91. The molecule has 8 heteroatoms. The van der Waals surface area contributed by atoms with Gasteiger partial charge >= 0.3 is 6.61 Å². The SMILES string of the molecule is CC.COc1ccc(NC(=O)C2(c3ccccc3C(C)C)CCC(N)CC2)c(OC(F)F)n1. The largest absolute Gasteiger partial charge is 0.481 e. The standard InChI is InChI=1S/C23H29F2N3O3.C2H6/c1-14(2)16-6-4-5-7-17(16)23(12-10-15(26)11-13-23)21(29)27-18-8-9-19(30-3)28-20(18)31-22(24)25;1-2/h4-9,14-15,22H,10-13,26H2,1-3H3,(H,27,29);1-2H3. The fraction of sp³-hybridized carbons (Fsp3) is 0.520. The number of hydrogen-bond acceptors (Lipinski definition) is 5. The molecule has 1 saturated carbocycles. The lowest BCUT2D eigenvalue weighted by molar-refractivity contribution is -0.123. The average molecular weight is 464 g/mol. The lowest BCUT2D eigenvalue weighted by Crippen LogP contribution is -2.46. The van der Waals surface area contributed by atoms with E-state index in [1.807, 2.05) is 38.1 Å². The molecule has 6 nitrogen and oxygen atoms in total. The van der Waals surface area contributed by atoms with Gasteiger partial charge < -0.3 is 20.5 Å². The number of methoxy groups -OCH3 is 1. The van der Waals surface area contributed by atoms with Crippen LogP contribution in [0.5, 0.6) is 11.8 Å². The Hall–Kier alpha value is -2.74. The summed E-state index contributed by atoms with van der Waals surface area (Å²) in [6, 6.07) is 10.9. The Morgan fingerprint density at radius 1 is 1.15 bits per heavy atom. The number of amides is 1. The molecule has 3 N–H and O–H groups in total. The molecule has 2 aromatic rings. The highest BCUT2D eigenvalue weighted by molar-refractivity contribution is 6.00. The molecular weight excluding hydrogens is 428 g/mol. The summed E-state index contributed by atoms with van der Waals surface area (Å²) >= 11 is 0. The van der Waals surface area contributed by atoms with Crippen molar-refractivity contribution in [1.82, 2.24) is 4.98 Å². The Kier molecular flexibility index (Phi) is 9.58. The van der Waals surface area contributed by atoms with Crippen LogP contribution in [-0.4, -0.2) is 30.7 Å². The molecule has 1 fully saturated rings. The molecule has 0 atom stereocenters. The predicted octanol–water partition coefficient (Wildman–Crippen LogP) is 5.62. The van der Waals surface area contributed by atoms with Crippen LogP contribution in [0.2, 0.25) is 0 Å². The van der Waals surface area contributed by atoms with Crippen molar-refractivity contribution >= 4 is 11.6 Å². The topological polar surface area (TPSA) is 86.5 Å². The zero-order chi connectivity index (χ0) is 24.6. The van der Waals surface area contributed by atoms with E-state index in [0.29, 0.717) is 25.7 Å². The minimum absolute atomic E-state index is 0.0347. The van der Waals surface area contributed by atoms with Gasteiger partial charge in [-0.25, -0.2) is 0 Å².